The van der Waals surface area contributed by atoms with Crippen molar-refractivity contribution < 1.29 is 19.8 Å². The van der Waals surface area contributed by atoms with Crippen LogP contribution in [-0.4, -0.2) is 40.8 Å². The van der Waals surface area contributed by atoms with Crippen molar-refractivity contribution in [1.29, 1.82) is 0 Å². The Morgan fingerprint density at radius 1 is 1.00 bits per heavy atom. The highest BCUT2D eigenvalue weighted by molar-refractivity contribution is 5.73. The molecule has 0 spiro atoms. The Balaban J connectivity index is 0.000000433. The van der Waals surface area contributed by atoms with Crippen LogP contribution < -0.4 is 22.9 Å². The zero-order valence-corrected chi connectivity index (χ0v) is 12.3. The van der Waals surface area contributed by atoms with Gasteiger partial charge >= 0.3 is 11.9 Å². The molecular weight excluding hydrogens is 288 g/mol. The van der Waals surface area contributed by atoms with Gasteiger partial charge in [-0.05, 0) is 43.5 Å². The number of anilines is 1. The van der Waals surface area contributed by atoms with E-state index in [1.165, 1.54) is 0 Å². The number of carboxylic acids is 2. The Morgan fingerprint density at radius 2 is 1.50 bits per heavy atom. The molecule has 0 amide bonds. The number of nitrogens with two attached hydrogens (primary N) is 4. The topological polar surface area (TPSA) is 179 Å². The molecule has 0 saturated carbocycles. The number of hydrogen-bond donors (Lipinski definition) is 6. The number of hydrogen-bond acceptors (Lipinski definition) is 6. The number of nitrogen functional groups attached to an aromatic ring is 1. The van der Waals surface area contributed by atoms with Crippen molar-refractivity contribution in [2.75, 3.05) is 12.3 Å². The van der Waals surface area contributed by atoms with Crippen molar-refractivity contribution in [3.05, 3.63) is 29.8 Å². The third kappa shape index (κ3) is 8.90. The van der Waals surface area contributed by atoms with Gasteiger partial charge in [0.2, 0.25) is 0 Å². The summed E-state index contributed by atoms with van der Waals surface area (Å²) in [6, 6.07) is 5.42. The SMILES string of the molecule is NCCCC(N)C(=O)O.Nc1ccc(CC(N)C(=O)O)cc1. The lowest BCUT2D eigenvalue weighted by Crippen LogP contribution is -2.32. The molecule has 22 heavy (non-hydrogen) atoms. The molecule has 10 N–H and O–H groups in total. The van der Waals surface area contributed by atoms with Crippen molar-refractivity contribution in [3.8, 4) is 0 Å². The van der Waals surface area contributed by atoms with Gasteiger partial charge in [-0.25, -0.2) is 0 Å². The lowest BCUT2D eigenvalue weighted by Gasteiger charge is -2.05. The molecule has 0 saturated heterocycles. The van der Waals surface area contributed by atoms with Gasteiger partial charge in [-0.1, -0.05) is 12.1 Å². The third-order valence-electron chi connectivity index (χ3n) is 2.79. The Hall–Kier alpha value is -2.16. The van der Waals surface area contributed by atoms with E-state index in [9.17, 15) is 9.59 Å². The van der Waals surface area contributed by atoms with Gasteiger partial charge in [-0.3, -0.25) is 9.59 Å². The summed E-state index contributed by atoms with van der Waals surface area (Å²) in [7, 11) is 0. The molecule has 0 radical (unpaired) electrons. The van der Waals surface area contributed by atoms with E-state index in [1.807, 2.05) is 0 Å². The average molecular weight is 312 g/mol. The van der Waals surface area contributed by atoms with Crippen LogP contribution in [0.3, 0.4) is 0 Å². The van der Waals surface area contributed by atoms with Crippen molar-refractivity contribution in [2.24, 2.45) is 17.2 Å². The predicted molar refractivity (Wildman–Crippen MR) is 84.1 cm³/mol. The Kier molecular flexibility index (Phi) is 9.51. The molecule has 0 heterocycles. The summed E-state index contributed by atoms with van der Waals surface area (Å²) < 4.78 is 0. The van der Waals surface area contributed by atoms with Gasteiger partial charge in [0.15, 0.2) is 0 Å². The van der Waals surface area contributed by atoms with E-state index in [0.717, 1.165) is 5.56 Å². The van der Waals surface area contributed by atoms with E-state index in [0.29, 0.717) is 31.5 Å². The minimum atomic E-state index is -0.989. The van der Waals surface area contributed by atoms with Crippen LogP contribution >= 0.6 is 0 Å². The second kappa shape index (κ2) is 10.6. The molecule has 2 atom stereocenters. The van der Waals surface area contributed by atoms with E-state index >= 15 is 0 Å². The molecule has 124 valence electrons. The zero-order chi connectivity index (χ0) is 17.1. The second-order valence-corrected chi connectivity index (χ2v) is 4.77. The van der Waals surface area contributed by atoms with Gasteiger partial charge in [0.1, 0.15) is 12.1 Å². The molecule has 0 aliphatic carbocycles. The van der Waals surface area contributed by atoms with Crippen LogP contribution in [0.4, 0.5) is 5.69 Å². The molecule has 0 fully saturated rings. The standard InChI is InChI=1S/C9H12N2O2.C5H12N2O2/c10-7-3-1-6(2-4-7)5-8(11)9(12)13;6-3-1-2-4(7)5(8)9/h1-4,8H,5,10-11H2,(H,12,13);4H,1-3,6-7H2,(H,8,9). The van der Waals surface area contributed by atoms with E-state index in [4.69, 9.17) is 33.1 Å². The molecule has 1 aromatic rings. The first-order chi connectivity index (χ1) is 10.3. The lowest BCUT2D eigenvalue weighted by atomic mass is 10.1. The number of rotatable bonds is 7. The summed E-state index contributed by atoms with van der Waals surface area (Å²) in [6.07, 6.45) is 1.47. The summed E-state index contributed by atoms with van der Waals surface area (Å²) in [6.45, 7) is 0.501. The molecule has 0 aromatic heterocycles. The summed E-state index contributed by atoms with van der Waals surface area (Å²) in [5, 5.41) is 16.8. The monoisotopic (exact) mass is 312 g/mol. The molecule has 0 aliphatic rings. The smallest absolute Gasteiger partial charge is 0.320 e. The van der Waals surface area contributed by atoms with Gasteiger partial charge in [-0.2, -0.15) is 0 Å². The average Bonchev–Trinajstić information content (AvgIpc) is 2.47. The quantitative estimate of drug-likeness (QED) is 0.360. The molecular formula is C14H24N4O4. The number of benzene rings is 1. The molecule has 2 unspecified atom stereocenters. The number of carbonyl (C=O) groups is 2. The van der Waals surface area contributed by atoms with Crippen LogP contribution in [0.5, 0.6) is 0 Å². The summed E-state index contributed by atoms with van der Waals surface area (Å²) in [4.78, 5) is 20.5. The van der Waals surface area contributed by atoms with Crippen molar-refractivity contribution in [3.63, 3.8) is 0 Å². The van der Waals surface area contributed by atoms with Crippen molar-refractivity contribution in [1.82, 2.24) is 0 Å². The predicted octanol–water partition coefficient (Wildman–Crippen LogP) is -0.640. The van der Waals surface area contributed by atoms with Gasteiger partial charge < -0.3 is 33.1 Å². The number of aliphatic carboxylic acids is 2. The molecule has 8 heteroatoms. The van der Waals surface area contributed by atoms with Crippen LogP contribution in [0, 0.1) is 0 Å². The Morgan fingerprint density at radius 3 is 1.91 bits per heavy atom. The fourth-order valence-corrected chi connectivity index (χ4v) is 1.46. The Bertz CT molecular complexity index is 464. The van der Waals surface area contributed by atoms with Gasteiger partial charge in [0, 0.05) is 5.69 Å². The minimum absolute atomic E-state index is 0.329. The highest BCUT2D eigenvalue weighted by Crippen LogP contribution is 2.07. The first-order valence-electron chi connectivity index (χ1n) is 6.79. The number of carboxylic acid groups (broad SMARTS) is 2. The molecule has 0 bridgehead atoms. The Labute approximate surface area is 129 Å². The fraction of sp³-hybridized carbons (Fsp3) is 0.429. The van der Waals surface area contributed by atoms with E-state index in [2.05, 4.69) is 0 Å². The van der Waals surface area contributed by atoms with Crippen LogP contribution in [0.15, 0.2) is 24.3 Å². The van der Waals surface area contributed by atoms with Crippen LogP contribution in [-0.2, 0) is 16.0 Å². The van der Waals surface area contributed by atoms with Crippen molar-refractivity contribution >= 4 is 17.6 Å². The maximum atomic E-state index is 10.4. The maximum absolute atomic E-state index is 10.4. The van der Waals surface area contributed by atoms with Crippen LogP contribution in [0.1, 0.15) is 18.4 Å². The van der Waals surface area contributed by atoms with E-state index in [1.54, 1.807) is 24.3 Å². The fourth-order valence-electron chi connectivity index (χ4n) is 1.46. The highest BCUT2D eigenvalue weighted by atomic mass is 16.4. The summed E-state index contributed by atoms with van der Waals surface area (Å²) >= 11 is 0. The van der Waals surface area contributed by atoms with Gasteiger partial charge in [-0.15, -0.1) is 0 Å². The summed E-state index contributed by atoms with van der Waals surface area (Å²) in [5.74, 6) is -1.94. The lowest BCUT2D eigenvalue weighted by molar-refractivity contribution is -0.139. The highest BCUT2D eigenvalue weighted by Gasteiger charge is 2.11. The molecule has 1 rings (SSSR count). The van der Waals surface area contributed by atoms with E-state index < -0.39 is 24.0 Å². The van der Waals surface area contributed by atoms with Crippen LogP contribution in [0.2, 0.25) is 0 Å². The third-order valence-corrected chi connectivity index (χ3v) is 2.79. The first kappa shape index (κ1) is 19.8. The molecule has 1 aromatic carbocycles. The minimum Gasteiger partial charge on any atom is -0.480 e. The second-order valence-electron chi connectivity index (χ2n) is 4.77. The normalized spacial score (nSPS) is 12.7. The molecule has 0 aliphatic heterocycles. The van der Waals surface area contributed by atoms with E-state index in [-0.39, 0.29) is 0 Å². The first-order valence-corrected chi connectivity index (χ1v) is 6.79. The van der Waals surface area contributed by atoms with Crippen molar-refractivity contribution in [2.45, 2.75) is 31.3 Å². The zero-order valence-electron chi connectivity index (χ0n) is 12.3. The van der Waals surface area contributed by atoms with Gasteiger partial charge in [0.25, 0.3) is 0 Å². The van der Waals surface area contributed by atoms with Gasteiger partial charge in [0.05, 0.1) is 0 Å². The van der Waals surface area contributed by atoms with Crippen LogP contribution in [0.25, 0.3) is 0 Å². The maximum Gasteiger partial charge on any atom is 0.320 e. The largest absolute Gasteiger partial charge is 0.480 e. The molecule has 8 nitrogen and oxygen atoms in total. The summed E-state index contributed by atoms with van der Waals surface area (Å²) in [5.41, 5.74) is 22.6.